The largest absolute Gasteiger partial charge is 0.513 e. The van der Waals surface area contributed by atoms with Gasteiger partial charge < -0.3 is 10.5 Å². The van der Waals surface area contributed by atoms with Crippen molar-refractivity contribution in [3.8, 4) is 0 Å². The molecule has 0 fully saturated rings. The molecular weight excluding hydrogens is 90.1 g/mol. The van der Waals surface area contributed by atoms with Gasteiger partial charge in [-0.15, -0.1) is 0 Å². The topological polar surface area (TPSA) is 44.1 Å². The van der Waals surface area contributed by atoms with E-state index in [1.165, 1.54) is 6.21 Å². The van der Waals surface area contributed by atoms with Crippen molar-refractivity contribution in [1.29, 1.82) is 5.41 Å². The molecule has 0 aromatic carbocycles. The van der Waals surface area contributed by atoms with E-state index in [2.05, 4.69) is 6.58 Å². The third kappa shape index (κ3) is 5.21. The van der Waals surface area contributed by atoms with Gasteiger partial charge in [0.25, 0.3) is 0 Å². The first-order chi connectivity index (χ1) is 3.27. The van der Waals surface area contributed by atoms with Crippen LogP contribution in [0.15, 0.2) is 12.3 Å². The van der Waals surface area contributed by atoms with E-state index < -0.39 is 0 Å². The molecule has 0 aliphatic rings. The zero-order valence-electron chi connectivity index (χ0n) is 4.15. The summed E-state index contributed by atoms with van der Waals surface area (Å²) < 4.78 is 0. The van der Waals surface area contributed by atoms with E-state index in [-0.39, 0.29) is 5.76 Å². The summed E-state index contributed by atoms with van der Waals surface area (Å²) in [5, 5.41) is 14.9. The average Bonchev–Trinajstić information content (AvgIpc) is 1.61. The normalized spacial score (nSPS) is 8.00. The standard InChI is InChI=1S/C5H9NO/c1-5(7)3-2-4-6/h4,6-7H,1-3H2. The molecule has 40 valence electrons. The molecule has 0 amide bonds. The molecule has 0 radical (unpaired) electrons. The first-order valence-corrected chi connectivity index (χ1v) is 2.13. The second-order valence-corrected chi connectivity index (χ2v) is 1.31. The van der Waals surface area contributed by atoms with Crippen LogP contribution in [0.2, 0.25) is 0 Å². The van der Waals surface area contributed by atoms with Crippen molar-refractivity contribution in [2.24, 2.45) is 0 Å². The van der Waals surface area contributed by atoms with Gasteiger partial charge in [-0.05, 0) is 12.6 Å². The Bertz CT molecular complexity index is 78.1. The number of allylic oxidation sites excluding steroid dienone is 1. The molecule has 2 N–H and O–H groups in total. The van der Waals surface area contributed by atoms with Crippen LogP contribution in [0.25, 0.3) is 0 Å². The molecule has 0 rings (SSSR count). The summed E-state index contributed by atoms with van der Waals surface area (Å²) in [6.45, 7) is 3.24. The fourth-order valence-corrected chi connectivity index (χ4v) is 0.239. The second-order valence-electron chi connectivity index (χ2n) is 1.31. The average molecular weight is 99.1 g/mol. The van der Waals surface area contributed by atoms with Crippen LogP contribution < -0.4 is 0 Å². The Morgan fingerprint density at radius 3 is 2.57 bits per heavy atom. The Hall–Kier alpha value is -0.790. The summed E-state index contributed by atoms with van der Waals surface area (Å²) in [5.41, 5.74) is 0. The number of aliphatic hydroxyl groups excluding tert-OH is 1. The van der Waals surface area contributed by atoms with Crippen LogP contribution in [-0.4, -0.2) is 11.3 Å². The van der Waals surface area contributed by atoms with Gasteiger partial charge in [0.1, 0.15) is 0 Å². The molecular formula is C5H9NO. The third-order valence-corrected chi connectivity index (χ3v) is 0.577. The van der Waals surface area contributed by atoms with Crippen molar-refractivity contribution < 1.29 is 5.11 Å². The lowest BCUT2D eigenvalue weighted by atomic mass is 10.3. The zero-order valence-corrected chi connectivity index (χ0v) is 4.15. The summed E-state index contributed by atoms with van der Waals surface area (Å²) in [7, 11) is 0. The van der Waals surface area contributed by atoms with Gasteiger partial charge in [0, 0.05) is 6.42 Å². The number of aliphatic hydroxyl groups is 1. The molecule has 0 aliphatic heterocycles. The zero-order chi connectivity index (χ0) is 5.70. The number of hydrogen-bond donors (Lipinski definition) is 2. The molecule has 0 heterocycles. The lowest BCUT2D eigenvalue weighted by Gasteiger charge is -1.87. The fourth-order valence-electron chi connectivity index (χ4n) is 0.239. The van der Waals surface area contributed by atoms with E-state index in [9.17, 15) is 0 Å². The molecule has 2 heteroatoms. The highest BCUT2D eigenvalue weighted by Gasteiger charge is 1.82. The summed E-state index contributed by atoms with van der Waals surface area (Å²) in [6.07, 6.45) is 2.36. The number of hydrogen-bond acceptors (Lipinski definition) is 2. The van der Waals surface area contributed by atoms with E-state index in [0.717, 1.165) is 0 Å². The first kappa shape index (κ1) is 6.21. The van der Waals surface area contributed by atoms with Crippen LogP contribution >= 0.6 is 0 Å². The van der Waals surface area contributed by atoms with E-state index >= 15 is 0 Å². The van der Waals surface area contributed by atoms with Crippen LogP contribution in [0.3, 0.4) is 0 Å². The predicted octanol–water partition coefficient (Wildman–Crippen LogP) is 1.49. The summed E-state index contributed by atoms with van der Waals surface area (Å²) in [4.78, 5) is 0. The Kier molecular flexibility index (Phi) is 3.02. The predicted molar refractivity (Wildman–Crippen MR) is 29.8 cm³/mol. The van der Waals surface area contributed by atoms with Gasteiger partial charge in [-0.1, -0.05) is 6.58 Å². The van der Waals surface area contributed by atoms with Gasteiger partial charge in [-0.2, -0.15) is 0 Å². The van der Waals surface area contributed by atoms with E-state index in [4.69, 9.17) is 10.5 Å². The highest BCUT2D eigenvalue weighted by Crippen LogP contribution is 1.92. The van der Waals surface area contributed by atoms with Gasteiger partial charge >= 0.3 is 0 Å². The smallest absolute Gasteiger partial charge is 0.0854 e. The minimum Gasteiger partial charge on any atom is -0.513 e. The Morgan fingerprint density at radius 1 is 1.86 bits per heavy atom. The van der Waals surface area contributed by atoms with Gasteiger partial charge in [-0.25, -0.2) is 0 Å². The molecule has 0 aromatic rings. The molecule has 7 heavy (non-hydrogen) atoms. The summed E-state index contributed by atoms with van der Waals surface area (Å²) >= 11 is 0. The molecule has 0 saturated carbocycles. The summed E-state index contributed by atoms with van der Waals surface area (Å²) in [6, 6.07) is 0. The Labute approximate surface area is 43.0 Å². The molecule has 0 atom stereocenters. The minimum atomic E-state index is 0.156. The van der Waals surface area contributed by atoms with Crippen molar-refractivity contribution in [3.63, 3.8) is 0 Å². The third-order valence-electron chi connectivity index (χ3n) is 0.577. The molecule has 0 spiro atoms. The van der Waals surface area contributed by atoms with E-state index in [0.29, 0.717) is 12.8 Å². The highest BCUT2D eigenvalue weighted by atomic mass is 16.3. The molecule has 2 nitrogen and oxygen atoms in total. The molecule has 0 aromatic heterocycles. The summed E-state index contributed by atoms with van der Waals surface area (Å²) in [5.74, 6) is 0.156. The monoisotopic (exact) mass is 99.1 g/mol. The van der Waals surface area contributed by atoms with Crippen molar-refractivity contribution in [2.45, 2.75) is 12.8 Å². The molecule has 0 bridgehead atoms. The molecule has 0 saturated heterocycles. The van der Waals surface area contributed by atoms with Crippen molar-refractivity contribution in [3.05, 3.63) is 12.3 Å². The van der Waals surface area contributed by atoms with E-state index in [1.807, 2.05) is 0 Å². The van der Waals surface area contributed by atoms with Crippen molar-refractivity contribution in [1.82, 2.24) is 0 Å². The lowest BCUT2D eigenvalue weighted by Crippen LogP contribution is -1.77. The molecule has 0 unspecified atom stereocenters. The van der Waals surface area contributed by atoms with Gasteiger partial charge in [-0.3, -0.25) is 0 Å². The maximum atomic E-state index is 8.39. The van der Waals surface area contributed by atoms with Crippen LogP contribution in [0.5, 0.6) is 0 Å². The number of nitrogens with one attached hydrogen (secondary N) is 1. The first-order valence-electron chi connectivity index (χ1n) is 2.13. The van der Waals surface area contributed by atoms with Gasteiger partial charge in [0.2, 0.25) is 0 Å². The Morgan fingerprint density at radius 2 is 2.43 bits per heavy atom. The van der Waals surface area contributed by atoms with Crippen LogP contribution in [-0.2, 0) is 0 Å². The van der Waals surface area contributed by atoms with Crippen molar-refractivity contribution in [2.75, 3.05) is 0 Å². The Balaban J connectivity index is 2.97. The van der Waals surface area contributed by atoms with E-state index in [1.54, 1.807) is 0 Å². The molecule has 0 aliphatic carbocycles. The van der Waals surface area contributed by atoms with Gasteiger partial charge in [0.05, 0.1) is 5.76 Å². The number of rotatable bonds is 3. The quantitative estimate of drug-likeness (QED) is 0.408. The highest BCUT2D eigenvalue weighted by molar-refractivity contribution is 5.53. The maximum absolute atomic E-state index is 8.39. The minimum absolute atomic E-state index is 0.156. The van der Waals surface area contributed by atoms with Crippen molar-refractivity contribution >= 4 is 6.21 Å². The lowest BCUT2D eigenvalue weighted by molar-refractivity contribution is 0.394. The van der Waals surface area contributed by atoms with Crippen LogP contribution in [0.4, 0.5) is 0 Å². The SMILES string of the molecule is C=C(O)CCC=N. The van der Waals surface area contributed by atoms with Crippen LogP contribution in [0.1, 0.15) is 12.8 Å². The van der Waals surface area contributed by atoms with Gasteiger partial charge in [0.15, 0.2) is 0 Å². The van der Waals surface area contributed by atoms with Crippen LogP contribution in [0, 0.1) is 5.41 Å². The maximum Gasteiger partial charge on any atom is 0.0854 e. The second kappa shape index (κ2) is 3.40. The fraction of sp³-hybridized carbons (Fsp3) is 0.400.